The van der Waals surface area contributed by atoms with E-state index >= 15 is 0 Å². The molecule has 1 aromatic rings. The van der Waals surface area contributed by atoms with Gasteiger partial charge in [-0.1, -0.05) is 18.2 Å². The largest absolute Gasteiger partial charge is 0.357 e. The highest BCUT2D eigenvalue weighted by Gasteiger charge is 2.11. The molecule has 0 aliphatic carbocycles. The van der Waals surface area contributed by atoms with Crippen LogP contribution in [-0.4, -0.2) is 30.3 Å². The van der Waals surface area contributed by atoms with Crippen molar-refractivity contribution in [1.82, 2.24) is 10.6 Å². The van der Waals surface area contributed by atoms with Gasteiger partial charge in [-0.2, -0.15) is 0 Å². The first-order valence-corrected chi connectivity index (χ1v) is 7.74. The number of hydrogen-bond donors (Lipinski definition) is 2. The second-order valence-corrected chi connectivity index (χ2v) is 6.47. The minimum atomic E-state index is 0.0353. The molecule has 0 spiro atoms. The Labute approximate surface area is 121 Å². The lowest BCUT2D eigenvalue weighted by Crippen LogP contribution is -2.47. The number of benzene rings is 1. The Morgan fingerprint density at radius 1 is 1.21 bits per heavy atom. The van der Waals surface area contributed by atoms with Crippen LogP contribution >= 0.6 is 11.8 Å². The van der Waals surface area contributed by atoms with Gasteiger partial charge in [0.25, 0.3) is 0 Å². The zero-order valence-electron chi connectivity index (χ0n) is 12.4. The first kappa shape index (κ1) is 15.9. The minimum Gasteiger partial charge on any atom is -0.357 e. The van der Waals surface area contributed by atoms with Crippen molar-refractivity contribution in [3.05, 3.63) is 30.3 Å². The van der Waals surface area contributed by atoms with Crippen LogP contribution in [0.1, 0.15) is 27.7 Å². The van der Waals surface area contributed by atoms with Crippen LogP contribution in [0.3, 0.4) is 0 Å². The summed E-state index contributed by atoms with van der Waals surface area (Å²) in [6.45, 7) is 10.2. The molecular formula is C15H25N3S. The van der Waals surface area contributed by atoms with Crippen LogP contribution < -0.4 is 10.6 Å². The van der Waals surface area contributed by atoms with Crippen molar-refractivity contribution in [1.29, 1.82) is 0 Å². The molecule has 0 bridgehead atoms. The second-order valence-electron chi connectivity index (χ2n) is 5.30. The molecule has 1 rings (SSSR count). The fourth-order valence-corrected chi connectivity index (χ4v) is 2.27. The average molecular weight is 279 g/mol. The smallest absolute Gasteiger partial charge is 0.191 e. The Balaban J connectivity index is 2.39. The number of thioether (sulfide) groups is 1. The van der Waals surface area contributed by atoms with Gasteiger partial charge < -0.3 is 10.6 Å². The van der Waals surface area contributed by atoms with E-state index < -0.39 is 0 Å². The van der Waals surface area contributed by atoms with E-state index in [0.29, 0.717) is 0 Å². The lowest BCUT2D eigenvalue weighted by molar-refractivity contribution is 0.502. The minimum absolute atomic E-state index is 0.0353. The van der Waals surface area contributed by atoms with E-state index in [1.807, 2.05) is 17.8 Å². The van der Waals surface area contributed by atoms with Gasteiger partial charge in [-0.3, -0.25) is 4.99 Å². The molecule has 19 heavy (non-hydrogen) atoms. The third-order valence-electron chi connectivity index (χ3n) is 2.21. The van der Waals surface area contributed by atoms with Crippen LogP contribution in [0.5, 0.6) is 0 Å². The lowest BCUT2D eigenvalue weighted by Gasteiger charge is -2.23. The van der Waals surface area contributed by atoms with Gasteiger partial charge in [0, 0.05) is 22.7 Å². The normalized spacial score (nSPS) is 12.3. The first-order chi connectivity index (χ1) is 9.01. The van der Waals surface area contributed by atoms with Gasteiger partial charge in [-0.15, -0.1) is 11.8 Å². The molecule has 1 aromatic carbocycles. The average Bonchev–Trinajstić information content (AvgIpc) is 2.34. The third kappa shape index (κ3) is 7.78. The van der Waals surface area contributed by atoms with Gasteiger partial charge in [-0.05, 0) is 39.8 Å². The molecule has 0 radical (unpaired) electrons. The Morgan fingerprint density at radius 3 is 2.47 bits per heavy atom. The Morgan fingerprint density at radius 2 is 1.89 bits per heavy atom. The molecule has 0 aliphatic heterocycles. The Hall–Kier alpha value is -1.16. The SMILES string of the molecule is CCNC(=NCCSc1ccccc1)NC(C)(C)C. The number of nitrogens with zero attached hydrogens (tertiary/aromatic N) is 1. The molecule has 0 fully saturated rings. The van der Waals surface area contributed by atoms with Crippen LogP contribution in [-0.2, 0) is 0 Å². The van der Waals surface area contributed by atoms with E-state index in [9.17, 15) is 0 Å². The maximum absolute atomic E-state index is 4.59. The highest BCUT2D eigenvalue weighted by atomic mass is 32.2. The molecule has 2 N–H and O–H groups in total. The first-order valence-electron chi connectivity index (χ1n) is 6.75. The molecule has 0 heterocycles. The predicted molar refractivity (Wildman–Crippen MR) is 86.0 cm³/mol. The Kier molecular flexibility index (Phi) is 6.78. The molecule has 106 valence electrons. The molecule has 0 atom stereocenters. The summed E-state index contributed by atoms with van der Waals surface area (Å²) in [6.07, 6.45) is 0. The van der Waals surface area contributed by atoms with Crippen LogP contribution in [0.2, 0.25) is 0 Å². The van der Waals surface area contributed by atoms with Gasteiger partial charge in [-0.25, -0.2) is 0 Å². The van der Waals surface area contributed by atoms with Crippen molar-refractivity contribution in [2.24, 2.45) is 4.99 Å². The van der Waals surface area contributed by atoms with E-state index in [-0.39, 0.29) is 5.54 Å². The maximum atomic E-state index is 4.59. The summed E-state index contributed by atoms with van der Waals surface area (Å²) >= 11 is 1.84. The number of hydrogen-bond acceptors (Lipinski definition) is 2. The van der Waals surface area contributed by atoms with Crippen molar-refractivity contribution in [2.75, 3.05) is 18.8 Å². The molecule has 3 nitrogen and oxygen atoms in total. The monoisotopic (exact) mass is 279 g/mol. The van der Waals surface area contributed by atoms with Crippen LogP contribution in [0.4, 0.5) is 0 Å². The molecular weight excluding hydrogens is 254 g/mol. The number of rotatable bonds is 5. The van der Waals surface area contributed by atoms with E-state index in [2.05, 4.69) is 67.6 Å². The summed E-state index contributed by atoms with van der Waals surface area (Å²) in [5, 5.41) is 6.65. The van der Waals surface area contributed by atoms with E-state index in [4.69, 9.17) is 0 Å². The summed E-state index contributed by atoms with van der Waals surface area (Å²) in [7, 11) is 0. The quantitative estimate of drug-likeness (QED) is 0.376. The molecule has 0 saturated heterocycles. The summed E-state index contributed by atoms with van der Waals surface area (Å²) in [5.41, 5.74) is 0.0353. The van der Waals surface area contributed by atoms with Crippen molar-refractivity contribution in [2.45, 2.75) is 38.1 Å². The zero-order chi connectivity index (χ0) is 14.1. The third-order valence-corrected chi connectivity index (χ3v) is 3.20. The van der Waals surface area contributed by atoms with Gasteiger partial charge in [0.1, 0.15) is 0 Å². The molecule has 0 amide bonds. The Bertz CT molecular complexity index is 382. The fourth-order valence-electron chi connectivity index (χ4n) is 1.50. The van der Waals surface area contributed by atoms with Gasteiger partial charge in [0.05, 0.1) is 6.54 Å². The van der Waals surface area contributed by atoms with Gasteiger partial charge >= 0.3 is 0 Å². The molecule has 0 unspecified atom stereocenters. The van der Waals surface area contributed by atoms with Crippen molar-refractivity contribution in [3.8, 4) is 0 Å². The molecule has 0 aromatic heterocycles. The highest BCUT2D eigenvalue weighted by Crippen LogP contribution is 2.16. The van der Waals surface area contributed by atoms with Crippen LogP contribution in [0.25, 0.3) is 0 Å². The highest BCUT2D eigenvalue weighted by molar-refractivity contribution is 7.99. The number of guanidine groups is 1. The lowest BCUT2D eigenvalue weighted by atomic mass is 10.1. The van der Waals surface area contributed by atoms with Crippen molar-refractivity contribution >= 4 is 17.7 Å². The topological polar surface area (TPSA) is 36.4 Å². The predicted octanol–water partition coefficient (Wildman–Crippen LogP) is 3.13. The van der Waals surface area contributed by atoms with E-state index in [0.717, 1.165) is 24.8 Å². The molecule has 0 saturated carbocycles. The summed E-state index contributed by atoms with van der Waals surface area (Å²) in [4.78, 5) is 5.89. The van der Waals surface area contributed by atoms with Gasteiger partial charge in [0.15, 0.2) is 5.96 Å². The van der Waals surface area contributed by atoms with Crippen molar-refractivity contribution in [3.63, 3.8) is 0 Å². The van der Waals surface area contributed by atoms with Crippen LogP contribution in [0, 0.1) is 0 Å². The summed E-state index contributed by atoms with van der Waals surface area (Å²) < 4.78 is 0. The maximum Gasteiger partial charge on any atom is 0.191 e. The zero-order valence-corrected chi connectivity index (χ0v) is 13.2. The summed E-state index contributed by atoms with van der Waals surface area (Å²) in [6, 6.07) is 10.4. The van der Waals surface area contributed by atoms with E-state index in [1.165, 1.54) is 4.90 Å². The number of aliphatic imine (C=N–C) groups is 1. The standard InChI is InChI=1S/C15H25N3S/c1-5-16-14(18-15(2,3)4)17-11-12-19-13-9-7-6-8-10-13/h6-10H,5,11-12H2,1-4H3,(H2,16,17,18). The van der Waals surface area contributed by atoms with E-state index in [1.54, 1.807) is 0 Å². The van der Waals surface area contributed by atoms with Gasteiger partial charge in [0.2, 0.25) is 0 Å². The van der Waals surface area contributed by atoms with Crippen LogP contribution in [0.15, 0.2) is 40.2 Å². The fraction of sp³-hybridized carbons (Fsp3) is 0.533. The second kappa shape index (κ2) is 8.10. The summed E-state index contributed by atoms with van der Waals surface area (Å²) in [5.74, 6) is 1.88. The number of nitrogens with one attached hydrogen (secondary N) is 2. The van der Waals surface area contributed by atoms with Crippen molar-refractivity contribution < 1.29 is 0 Å². The molecule has 4 heteroatoms. The molecule has 0 aliphatic rings.